The number of carbonyl (C=O) groups is 2. The van der Waals surface area contributed by atoms with Gasteiger partial charge < -0.3 is 4.90 Å². The van der Waals surface area contributed by atoms with E-state index in [0.29, 0.717) is 5.69 Å². The van der Waals surface area contributed by atoms with Crippen LogP contribution in [0.4, 0.5) is 10.1 Å². The predicted octanol–water partition coefficient (Wildman–Crippen LogP) is 1.60. The minimum atomic E-state index is -0.718. The first-order valence-corrected chi connectivity index (χ1v) is 5.45. The third-order valence-corrected chi connectivity index (χ3v) is 2.83. The zero-order valence-electron chi connectivity index (χ0n) is 8.47. The average Bonchev–Trinajstić information content (AvgIpc) is 2.23. The Balaban J connectivity index is 2.34. The van der Waals surface area contributed by atoms with Crippen molar-refractivity contribution >= 4 is 40.7 Å². The summed E-state index contributed by atoms with van der Waals surface area (Å²) in [7, 11) is 0. The second-order valence-corrected chi connectivity index (χ2v) is 4.37. The lowest BCUT2D eigenvalue weighted by Gasteiger charge is -2.27. The lowest BCUT2D eigenvalue weighted by Crippen LogP contribution is -2.51. The smallest absolute Gasteiger partial charge is 0.246 e. The number of hydrogen-bond donors (Lipinski definition) is 1. The van der Waals surface area contributed by atoms with Gasteiger partial charge in [-0.25, -0.2) is 4.39 Å². The van der Waals surface area contributed by atoms with Gasteiger partial charge in [0, 0.05) is 5.69 Å². The van der Waals surface area contributed by atoms with Crippen LogP contribution in [0.1, 0.15) is 0 Å². The van der Waals surface area contributed by atoms with E-state index in [0.717, 1.165) is 0 Å². The van der Waals surface area contributed by atoms with E-state index in [-0.39, 0.29) is 23.1 Å². The summed E-state index contributed by atoms with van der Waals surface area (Å²) in [4.78, 5) is 23.8. The normalized spacial score (nSPS) is 16.1. The molecule has 4 nitrogen and oxygen atoms in total. The highest BCUT2D eigenvalue weighted by Gasteiger charge is 2.23. The molecule has 0 aliphatic carbocycles. The van der Waals surface area contributed by atoms with Gasteiger partial charge >= 0.3 is 0 Å². The Morgan fingerprint density at radius 3 is 2.06 bits per heavy atom. The van der Waals surface area contributed by atoms with Crippen LogP contribution < -0.4 is 10.2 Å². The monoisotopic (exact) mass is 276 g/mol. The number of imide groups is 1. The Hall–Kier alpha value is -1.33. The zero-order valence-corrected chi connectivity index (χ0v) is 9.98. The highest BCUT2D eigenvalue weighted by molar-refractivity contribution is 6.35. The van der Waals surface area contributed by atoms with Crippen LogP contribution in [0.3, 0.4) is 0 Å². The first-order valence-electron chi connectivity index (χ1n) is 4.69. The summed E-state index contributed by atoms with van der Waals surface area (Å²) in [6.45, 7) is 0.00800. The molecule has 0 radical (unpaired) electrons. The van der Waals surface area contributed by atoms with Gasteiger partial charge in [0.15, 0.2) is 5.82 Å². The van der Waals surface area contributed by atoms with Crippen LogP contribution in [0.25, 0.3) is 0 Å². The molecule has 1 aromatic carbocycles. The highest BCUT2D eigenvalue weighted by atomic mass is 35.5. The van der Waals surface area contributed by atoms with E-state index in [1.165, 1.54) is 17.0 Å². The van der Waals surface area contributed by atoms with E-state index in [4.69, 9.17) is 23.2 Å². The largest absolute Gasteiger partial charge is 0.353 e. The van der Waals surface area contributed by atoms with Crippen molar-refractivity contribution in [3.05, 3.63) is 28.0 Å². The molecule has 1 fully saturated rings. The van der Waals surface area contributed by atoms with Gasteiger partial charge in [0.25, 0.3) is 0 Å². The lowest BCUT2D eigenvalue weighted by atomic mass is 10.2. The molecule has 0 unspecified atom stereocenters. The number of anilines is 1. The van der Waals surface area contributed by atoms with E-state index >= 15 is 0 Å². The molecule has 1 heterocycles. The average molecular weight is 277 g/mol. The van der Waals surface area contributed by atoms with Crippen molar-refractivity contribution in [1.29, 1.82) is 0 Å². The summed E-state index contributed by atoms with van der Waals surface area (Å²) >= 11 is 11.3. The number of rotatable bonds is 1. The van der Waals surface area contributed by atoms with Crippen molar-refractivity contribution in [2.75, 3.05) is 18.0 Å². The molecule has 7 heteroatoms. The van der Waals surface area contributed by atoms with Gasteiger partial charge in [-0.1, -0.05) is 23.2 Å². The first-order chi connectivity index (χ1) is 7.97. The van der Waals surface area contributed by atoms with Crippen LogP contribution in [0, 0.1) is 5.82 Å². The summed E-state index contributed by atoms with van der Waals surface area (Å²) in [6, 6.07) is 2.66. The third-order valence-electron chi connectivity index (χ3n) is 2.28. The minimum Gasteiger partial charge on any atom is -0.353 e. The molecule has 0 spiro atoms. The zero-order chi connectivity index (χ0) is 12.6. The fourth-order valence-corrected chi connectivity index (χ4v) is 2.02. The molecule has 17 heavy (non-hydrogen) atoms. The van der Waals surface area contributed by atoms with Crippen LogP contribution in [-0.4, -0.2) is 24.9 Å². The number of nitrogens with one attached hydrogen (secondary N) is 1. The topological polar surface area (TPSA) is 49.4 Å². The molecule has 1 saturated heterocycles. The van der Waals surface area contributed by atoms with Gasteiger partial charge in [0.1, 0.15) is 0 Å². The molecule has 1 aliphatic heterocycles. The number of hydrogen-bond acceptors (Lipinski definition) is 3. The van der Waals surface area contributed by atoms with Crippen LogP contribution in [0.15, 0.2) is 12.1 Å². The molecule has 1 N–H and O–H groups in total. The van der Waals surface area contributed by atoms with E-state index in [1.54, 1.807) is 0 Å². The molecule has 2 rings (SSSR count). The molecule has 1 aromatic rings. The van der Waals surface area contributed by atoms with E-state index < -0.39 is 17.6 Å². The van der Waals surface area contributed by atoms with Gasteiger partial charge in [-0.3, -0.25) is 14.9 Å². The Morgan fingerprint density at radius 1 is 1.12 bits per heavy atom. The van der Waals surface area contributed by atoms with Gasteiger partial charge in [0.2, 0.25) is 11.8 Å². The van der Waals surface area contributed by atoms with Crippen molar-refractivity contribution in [3.8, 4) is 0 Å². The summed E-state index contributed by atoms with van der Waals surface area (Å²) in [6.07, 6.45) is 0. The van der Waals surface area contributed by atoms with Crippen LogP contribution >= 0.6 is 23.2 Å². The van der Waals surface area contributed by atoms with Crippen LogP contribution in [0.5, 0.6) is 0 Å². The second kappa shape index (κ2) is 4.50. The molecule has 0 atom stereocenters. The molecule has 0 bridgehead atoms. The molecule has 90 valence electrons. The van der Waals surface area contributed by atoms with E-state index in [9.17, 15) is 14.0 Å². The summed E-state index contributed by atoms with van der Waals surface area (Å²) in [5.74, 6) is -1.56. The number of benzene rings is 1. The second-order valence-electron chi connectivity index (χ2n) is 3.55. The fourth-order valence-electron chi connectivity index (χ4n) is 1.54. The Bertz CT molecular complexity index is 468. The molecular formula is C10H7Cl2FN2O2. The third kappa shape index (κ3) is 2.50. The standard InChI is InChI=1S/C10H7Cl2FN2O2/c11-6-1-5(2-7(12)10(6)13)15-3-8(16)14-9(17)4-15/h1-2H,3-4H2,(H,14,16,17). The number of carbonyl (C=O) groups excluding carboxylic acids is 2. The molecule has 2 amide bonds. The Labute approximate surface area is 106 Å². The number of halogens is 3. The Kier molecular flexibility index (Phi) is 3.22. The Morgan fingerprint density at radius 2 is 1.59 bits per heavy atom. The van der Waals surface area contributed by atoms with Crippen molar-refractivity contribution in [3.63, 3.8) is 0 Å². The summed E-state index contributed by atoms with van der Waals surface area (Å²) in [5.41, 5.74) is 0.435. The number of amides is 2. The fraction of sp³-hybridized carbons (Fsp3) is 0.200. The van der Waals surface area contributed by atoms with Crippen LogP contribution in [-0.2, 0) is 9.59 Å². The number of piperazine rings is 1. The first kappa shape index (κ1) is 12.1. The molecular weight excluding hydrogens is 270 g/mol. The van der Waals surface area contributed by atoms with Gasteiger partial charge in [-0.2, -0.15) is 0 Å². The van der Waals surface area contributed by atoms with Crippen molar-refractivity contribution in [2.24, 2.45) is 0 Å². The summed E-state index contributed by atoms with van der Waals surface area (Å²) < 4.78 is 13.2. The van der Waals surface area contributed by atoms with Gasteiger partial charge in [-0.15, -0.1) is 0 Å². The minimum absolute atomic E-state index is 0.00400. The van der Waals surface area contributed by atoms with E-state index in [2.05, 4.69) is 5.32 Å². The maximum Gasteiger partial charge on any atom is 0.246 e. The molecule has 0 aromatic heterocycles. The number of nitrogens with zero attached hydrogens (tertiary/aromatic N) is 1. The van der Waals surface area contributed by atoms with Crippen molar-refractivity contribution in [2.45, 2.75) is 0 Å². The maximum absolute atomic E-state index is 13.2. The SMILES string of the molecule is O=C1CN(c2cc(Cl)c(F)c(Cl)c2)CC(=O)N1. The summed E-state index contributed by atoms with van der Waals surface area (Å²) in [5, 5.41) is 1.87. The maximum atomic E-state index is 13.2. The quantitative estimate of drug-likeness (QED) is 0.626. The molecule has 0 saturated carbocycles. The van der Waals surface area contributed by atoms with Gasteiger partial charge in [0.05, 0.1) is 23.1 Å². The van der Waals surface area contributed by atoms with Crippen molar-refractivity contribution < 1.29 is 14.0 Å². The highest BCUT2D eigenvalue weighted by Crippen LogP contribution is 2.29. The predicted molar refractivity (Wildman–Crippen MR) is 61.8 cm³/mol. The lowest BCUT2D eigenvalue weighted by molar-refractivity contribution is -0.130. The van der Waals surface area contributed by atoms with Gasteiger partial charge in [-0.05, 0) is 12.1 Å². The van der Waals surface area contributed by atoms with Crippen LogP contribution in [0.2, 0.25) is 10.0 Å². The van der Waals surface area contributed by atoms with E-state index in [1.807, 2.05) is 0 Å². The molecule has 1 aliphatic rings. The van der Waals surface area contributed by atoms with Crippen molar-refractivity contribution in [1.82, 2.24) is 5.32 Å².